The number of pyridine rings is 1. The number of benzene rings is 2. The highest BCUT2D eigenvalue weighted by molar-refractivity contribution is 5.84. The highest BCUT2D eigenvalue weighted by Crippen LogP contribution is 2.33. The number of para-hydroxylation sites is 2. The first-order valence-corrected chi connectivity index (χ1v) is 11.7. The second kappa shape index (κ2) is 11.9. The van der Waals surface area contributed by atoms with Gasteiger partial charge in [0.25, 0.3) is 0 Å². The third kappa shape index (κ3) is 7.20. The molecule has 4 rings (SSSR count). The van der Waals surface area contributed by atoms with Gasteiger partial charge in [-0.25, -0.2) is 9.59 Å². The van der Waals surface area contributed by atoms with Crippen LogP contribution in [0, 0.1) is 0 Å². The van der Waals surface area contributed by atoms with Gasteiger partial charge in [0, 0.05) is 17.7 Å². The van der Waals surface area contributed by atoms with E-state index in [-0.39, 0.29) is 24.4 Å². The zero-order valence-electron chi connectivity index (χ0n) is 19.5. The molecule has 1 heterocycles. The van der Waals surface area contributed by atoms with Gasteiger partial charge in [-0.2, -0.15) is 0 Å². The van der Waals surface area contributed by atoms with E-state index in [4.69, 9.17) is 18.9 Å². The zero-order chi connectivity index (χ0) is 24.5. The van der Waals surface area contributed by atoms with Crippen LogP contribution in [-0.2, 0) is 4.74 Å². The molecule has 2 aromatic carbocycles. The van der Waals surface area contributed by atoms with Gasteiger partial charge in [-0.15, -0.1) is 0 Å². The largest absolute Gasteiger partial charge is 0.519 e. The molecule has 35 heavy (non-hydrogen) atoms. The maximum absolute atomic E-state index is 12.3. The van der Waals surface area contributed by atoms with Crippen LogP contribution in [-0.4, -0.2) is 29.9 Å². The molecule has 1 N–H and O–H groups in total. The van der Waals surface area contributed by atoms with E-state index in [0.29, 0.717) is 22.9 Å². The summed E-state index contributed by atoms with van der Waals surface area (Å²) < 4.78 is 22.2. The molecule has 0 spiro atoms. The fraction of sp³-hybridized carbons (Fsp3) is 0.296. The molecule has 0 saturated heterocycles. The first-order valence-electron chi connectivity index (χ1n) is 11.7. The van der Waals surface area contributed by atoms with Crippen molar-refractivity contribution >= 4 is 17.9 Å². The van der Waals surface area contributed by atoms with E-state index in [0.717, 1.165) is 25.7 Å². The summed E-state index contributed by atoms with van der Waals surface area (Å²) in [6.45, 7) is 2.01. The topological polar surface area (TPSA) is 96.0 Å². The number of hydrogen-bond acceptors (Lipinski definition) is 7. The maximum Gasteiger partial charge on any atom is 0.519 e. The van der Waals surface area contributed by atoms with Crippen LogP contribution in [0.1, 0.15) is 44.2 Å². The molecular formula is C27H28N2O6. The molecule has 1 fully saturated rings. The third-order valence-corrected chi connectivity index (χ3v) is 5.58. The first-order chi connectivity index (χ1) is 17.1. The summed E-state index contributed by atoms with van der Waals surface area (Å²) in [5.74, 6) is 0.747. The van der Waals surface area contributed by atoms with Gasteiger partial charge in [0.2, 0.25) is 0 Å². The van der Waals surface area contributed by atoms with Crippen LogP contribution in [0.2, 0.25) is 0 Å². The molecule has 1 aliphatic carbocycles. The van der Waals surface area contributed by atoms with Gasteiger partial charge in [0.05, 0.1) is 18.0 Å². The van der Waals surface area contributed by atoms with Crippen LogP contribution in [0.15, 0.2) is 72.9 Å². The van der Waals surface area contributed by atoms with E-state index in [2.05, 4.69) is 10.3 Å². The summed E-state index contributed by atoms with van der Waals surface area (Å²) in [6.07, 6.45) is 4.11. The van der Waals surface area contributed by atoms with Gasteiger partial charge in [0.1, 0.15) is 12.4 Å². The molecule has 1 atom stereocenters. The Morgan fingerprint density at radius 1 is 0.971 bits per heavy atom. The average Bonchev–Trinajstić information content (AvgIpc) is 3.38. The lowest BCUT2D eigenvalue weighted by Gasteiger charge is -2.18. The van der Waals surface area contributed by atoms with Gasteiger partial charge in [0.15, 0.2) is 11.5 Å². The van der Waals surface area contributed by atoms with Crippen molar-refractivity contribution < 1.29 is 28.5 Å². The predicted molar refractivity (Wildman–Crippen MR) is 130 cm³/mol. The number of nitrogens with zero attached hydrogens (tertiary/aromatic N) is 1. The number of anilines is 1. The quantitative estimate of drug-likeness (QED) is 0.300. The summed E-state index contributed by atoms with van der Waals surface area (Å²) in [6, 6.07) is 19.5. The van der Waals surface area contributed by atoms with Crippen LogP contribution in [0.25, 0.3) is 0 Å². The maximum atomic E-state index is 12.3. The molecule has 1 unspecified atom stereocenters. The second-order valence-corrected chi connectivity index (χ2v) is 8.34. The SMILES string of the molecule is CC(COC(=O)Nc1ccccc1)c1cc(OC2CCCC2)c(OC(=O)Oc2ccccc2)cn1. The molecule has 1 aliphatic rings. The van der Waals surface area contributed by atoms with E-state index in [1.165, 1.54) is 6.20 Å². The Hall–Kier alpha value is -4.07. The lowest BCUT2D eigenvalue weighted by atomic mass is 10.1. The van der Waals surface area contributed by atoms with Gasteiger partial charge < -0.3 is 18.9 Å². The summed E-state index contributed by atoms with van der Waals surface area (Å²) in [7, 11) is 0. The standard InChI is InChI=1S/C27H28N2O6/c1-19(18-32-26(30)29-20-10-4-2-5-11-20)23-16-24(33-21-14-8-9-15-21)25(17-28-23)35-27(31)34-22-12-6-3-7-13-22/h2-7,10-13,16-17,19,21H,8-9,14-15,18H2,1H3,(H,29,30). The van der Waals surface area contributed by atoms with E-state index in [1.807, 2.05) is 31.2 Å². The van der Waals surface area contributed by atoms with Crippen LogP contribution < -0.4 is 19.5 Å². The normalized spacial score (nSPS) is 14.1. The van der Waals surface area contributed by atoms with Crippen LogP contribution >= 0.6 is 0 Å². The Morgan fingerprint density at radius 3 is 2.37 bits per heavy atom. The van der Waals surface area contributed by atoms with Crippen molar-refractivity contribution in [1.82, 2.24) is 4.98 Å². The highest BCUT2D eigenvalue weighted by Gasteiger charge is 2.22. The minimum Gasteiger partial charge on any atom is -0.486 e. The van der Waals surface area contributed by atoms with Gasteiger partial charge in [-0.1, -0.05) is 43.3 Å². The molecule has 1 saturated carbocycles. The number of carbonyl (C=O) groups excluding carboxylic acids is 2. The molecule has 8 nitrogen and oxygen atoms in total. The summed E-state index contributed by atoms with van der Waals surface area (Å²) in [5, 5.41) is 2.68. The molecule has 0 bridgehead atoms. The molecule has 3 aromatic rings. The van der Waals surface area contributed by atoms with Crippen molar-refractivity contribution in [3.63, 3.8) is 0 Å². The Bertz CT molecular complexity index is 1120. The summed E-state index contributed by atoms with van der Waals surface area (Å²) in [4.78, 5) is 28.9. The number of nitrogens with one attached hydrogen (secondary N) is 1. The van der Waals surface area contributed by atoms with E-state index in [1.54, 1.807) is 42.5 Å². The summed E-state index contributed by atoms with van der Waals surface area (Å²) >= 11 is 0. The number of ether oxygens (including phenoxy) is 4. The number of carbonyl (C=O) groups is 2. The monoisotopic (exact) mass is 476 g/mol. The smallest absolute Gasteiger partial charge is 0.486 e. The van der Waals surface area contributed by atoms with Crippen molar-refractivity contribution in [3.8, 4) is 17.2 Å². The minimum absolute atomic E-state index is 0.0425. The van der Waals surface area contributed by atoms with Crippen molar-refractivity contribution in [2.24, 2.45) is 0 Å². The predicted octanol–water partition coefficient (Wildman–Crippen LogP) is 6.33. The number of rotatable bonds is 8. The van der Waals surface area contributed by atoms with E-state index in [9.17, 15) is 9.59 Å². The molecule has 0 radical (unpaired) electrons. The molecule has 0 aliphatic heterocycles. The van der Waals surface area contributed by atoms with Crippen molar-refractivity contribution in [3.05, 3.63) is 78.6 Å². The lowest BCUT2D eigenvalue weighted by molar-refractivity contribution is 0.144. The van der Waals surface area contributed by atoms with Crippen molar-refractivity contribution in [2.45, 2.75) is 44.6 Å². The fourth-order valence-corrected chi connectivity index (χ4v) is 3.72. The number of aromatic nitrogens is 1. The third-order valence-electron chi connectivity index (χ3n) is 5.58. The fourth-order valence-electron chi connectivity index (χ4n) is 3.72. The highest BCUT2D eigenvalue weighted by atomic mass is 16.7. The first kappa shape index (κ1) is 24.1. The second-order valence-electron chi connectivity index (χ2n) is 8.34. The molecule has 8 heteroatoms. The Labute approximate surface area is 204 Å². The number of amides is 1. The van der Waals surface area contributed by atoms with Gasteiger partial charge in [-0.05, 0) is 49.9 Å². The zero-order valence-corrected chi connectivity index (χ0v) is 19.5. The van der Waals surface area contributed by atoms with Crippen LogP contribution in [0.3, 0.4) is 0 Å². The van der Waals surface area contributed by atoms with Crippen molar-refractivity contribution in [1.29, 1.82) is 0 Å². The summed E-state index contributed by atoms with van der Waals surface area (Å²) in [5.41, 5.74) is 1.30. The van der Waals surface area contributed by atoms with Crippen molar-refractivity contribution in [2.75, 3.05) is 11.9 Å². The van der Waals surface area contributed by atoms with E-state index < -0.39 is 12.2 Å². The van der Waals surface area contributed by atoms with E-state index >= 15 is 0 Å². The molecular weight excluding hydrogens is 448 g/mol. The Kier molecular flexibility index (Phi) is 8.17. The number of hydrogen-bond donors (Lipinski definition) is 1. The average molecular weight is 477 g/mol. The molecule has 1 aromatic heterocycles. The lowest BCUT2D eigenvalue weighted by Crippen LogP contribution is -2.19. The molecule has 1 amide bonds. The van der Waals surface area contributed by atoms with Gasteiger partial charge in [-0.3, -0.25) is 10.3 Å². The Balaban J connectivity index is 1.41. The Morgan fingerprint density at radius 2 is 1.66 bits per heavy atom. The molecule has 182 valence electrons. The van der Waals surface area contributed by atoms with Gasteiger partial charge >= 0.3 is 12.2 Å². The van der Waals surface area contributed by atoms with Crippen LogP contribution in [0.5, 0.6) is 17.2 Å². The van der Waals surface area contributed by atoms with Crippen LogP contribution in [0.4, 0.5) is 15.3 Å². The minimum atomic E-state index is -0.879.